The number of halogens is 1. The van der Waals surface area contributed by atoms with Crippen LogP contribution in [0.2, 0.25) is 0 Å². The van der Waals surface area contributed by atoms with Gasteiger partial charge in [-0.05, 0) is 58.0 Å². The smallest absolute Gasteiger partial charge is 0.157 e. The Hall–Kier alpha value is -1.04. The first-order valence-electron chi connectivity index (χ1n) is 6.57. The lowest BCUT2D eigenvalue weighted by Gasteiger charge is -2.38. The third-order valence-corrected chi connectivity index (χ3v) is 5.17. The number of benzene rings is 1. The molecule has 1 aromatic heterocycles. The predicted molar refractivity (Wildman–Crippen MR) is 85.2 cm³/mol. The molecule has 3 nitrogen and oxygen atoms in total. The SMILES string of the molecule is Br.Oc1cc2c(cc1O)[C@@H]1c3cscc3CN[C@H]1CC2. The molecule has 0 amide bonds. The van der Waals surface area contributed by atoms with Gasteiger partial charge in [-0.15, -0.1) is 17.0 Å². The molecule has 2 atom stereocenters. The molecule has 1 aromatic carbocycles. The molecule has 4 rings (SSSR count). The van der Waals surface area contributed by atoms with Crippen molar-refractivity contribution in [3.63, 3.8) is 0 Å². The van der Waals surface area contributed by atoms with Gasteiger partial charge in [-0.2, -0.15) is 11.3 Å². The van der Waals surface area contributed by atoms with Crippen molar-refractivity contribution >= 4 is 28.3 Å². The molecule has 106 valence electrons. The van der Waals surface area contributed by atoms with Crippen molar-refractivity contribution in [1.29, 1.82) is 0 Å². The van der Waals surface area contributed by atoms with E-state index in [1.54, 1.807) is 23.5 Å². The molecule has 2 heterocycles. The molecule has 0 radical (unpaired) electrons. The van der Waals surface area contributed by atoms with Crippen LogP contribution in [0.5, 0.6) is 11.5 Å². The van der Waals surface area contributed by atoms with Crippen LogP contribution in [-0.2, 0) is 13.0 Å². The van der Waals surface area contributed by atoms with E-state index in [4.69, 9.17) is 0 Å². The summed E-state index contributed by atoms with van der Waals surface area (Å²) in [4.78, 5) is 0. The van der Waals surface area contributed by atoms with E-state index >= 15 is 0 Å². The van der Waals surface area contributed by atoms with E-state index < -0.39 is 0 Å². The summed E-state index contributed by atoms with van der Waals surface area (Å²) in [6.07, 6.45) is 2.04. The van der Waals surface area contributed by atoms with Crippen molar-refractivity contribution in [2.24, 2.45) is 0 Å². The van der Waals surface area contributed by atoms with Gasteiger partial charge >= 0.3 is 0 Å². The van der Waals surface area contributed by atoms with Gasteiger partial charge in [0.2, 0.25) is 0 Å². The maximum absolute atomic E-state index is 9.80. The molecule has 2 aliphatic rings. The van der Waals surface area contributed by atoms with Gasteiger partial charge in [0.15, 0.2) is 11.5 Å². The number of hydrogen-bond donors (Lipinski definition) is 3. The standard InChI is InChI=1S/C15H15NO2S.BrH/c17-13-3-8-1-2-12-15(10(8)4-14(13)18)11-7-19-6-9(11)5-16-12;/h3-4,6-7,12,15-18H,1-2,5H2;1H/t12-,15+;/m0./s1. The highest BCUT2D eigenvalue weighted by molar-refractivity contribution is 8.93. The first-order chi connectivity index (χ1) is 9.24. The summed E-state index contributed by atoms with van der Waals surface area (Å²) in [5.74, 6) is 0.290. The van der Waals surface area contributed by atoms with Crippen LogP contribution in [-0.4, -0.2) is 16.3 Å². The molecule has 5 heteroatoms. The van der Waals surface area contributed by atoms with Crippen LogP contribution >= 0.6 is 28.3 Å². The predicted octanol–water partition coefficient (Wildman–Crippen LogP) is 3.29. The van der Waals surface area contributed by atoms with Crippen molar-refractivity contribution in [3.8, 4) is 11.5 Å². The second kappa shape index (κ2) is 5.06. The zero-order chi connectivity index (χ0) is 13.0. The fraction of sp³-hybridized carbons (Fsp3) is 0.333. The third-order valence-electron chi connectivity index (χ3n) is 4.36. The van der Waals surface area contributed by atoms with Crippen molar-refractivity contribution in [2.75, 3.05) is 0 Å². The highest BCUT2D eigenvalue weighted by atomic mass is 79.9. The van der Waals surface area contributed by atoms with Crippen LogP contribution in [0.1, 0.15) is 34.6 Å². The molecular weight excluding hydrogens is 338 g/mol. The van der Waals surface area contributed by atoms with Crippen LogP contribution in [0.15, 0.2) is 22.9 Å². The van der Waals surface area contributed by atoms with Crippen molar-refractivity contribution < 1.29 is 10.2 Å². The number of thiophene rings is 1. The molecule has 1 aliphatic carbocycles. The normalized spacial score (nSPS) is 23.2. The van der Waals surface area contributed by atoms with E-state index in [0.29, 0.717) is 12.0 Å². The average Bonchev–Trinajstić information content (AvgIpc) is 2.88. The van der Waals surface area contributed by atoms with Crippen molar-refractivity contribution in [1.82, 2.24) is 5.32 Å². The Balaban J connectivity index is 0.00000121. The topological polar surface area (TPSA) is 52.5 Å². The van der Waals surface area contributed by atoms with Crippen molar-refractivity contribution in [2.45, 2.75) is 31.3 Å². The highest BCUT2D eigenvalue weighted by Crippen LogP contribution is 2.44. The zero-order valence-electron chi connectivity index (χ0n) is 10.8. The number of nitrogens with one attached hydrogen (secondary N) is 1. The molecule has 0 unspecified atom stereocenters. The maximum atomic E-state index is 9.80. The number of phenolic OH excluding ortho intramolecular Hbond substituents is 2. The lowest BCUT2D eigenvalue weighted by Crippen LogP contribution is -2.42. The number of fused-ring (bicyclic) bond motifs is 5. The molecule has 0 saturated carbocycles. The molecule has 0 bridgehead atoms. The van der Waals surface area contributed by atoms with Gasteiger partial charge in [0, 0.05) is 18.5 Å². The zero-order valence-corrected chi connectivity index (χ0v) is 13.3. The highest BCUT2D eigenvalue weighted by Gasteiger charge is 2.35. The number of hydrogen-bond acceptors (Lipinski definition) is 4. The second-order valence-electron chi connectivity index (χ2n) is 5.40. The van der Waals surface area contributed by atoms with Gasteiger partial charge in [0.25, 0.3) is 0 Å². The fourth-order valence-corrected chi connectivity index (χ4v) is 4.33. The molecule has 20 heavy (non-hydrogen) atoms. The number of aryl methyl sites for hydroxylation is 1. The summed E-state index contributed by atoms with van der Waals surface area (Å²) in [6, 6.07) is 3.91. The number of aromatic hydroxyl groups is 2. The molecule has 3 N–H and O–H groups in total. The number of phenols is 2. The van der Waals surface area contributed by atoms with Gasteiger partial charge in [-0.3, -0.25) is 0 Å². The Morgan fingerprint density at radius 2 is 1.85 bits per heavy atom. The van der Waals surface area contributed by atoms with Crippen molar-refractivity contribution in [3.05, 3.63) is 45.1 Å². The summed E-state index contributed by atoms with van der Waals surface area (Å²) < 4.78 is 0. The van der Waals surface area contributed by atoms with E-state index in [9.17, 15) is 10.2 Å². The molecule has 0 spiro atoms. The van der Waals surface area contributed by atoms with E-state index in [1.807, 2.05) is 0 Å². The Morgan fingerprint density at radius 1 is 1.05 bits per heavy atom. The first-order valence-corrected chi connectivity index (χ1v) is 7.51. The van der Waals surface area contributed by atoms with Crippen LogP contribution in [0, 0.1) is 0 Å². The second-order valence-corrected chi connectivity index (χ2v) is 6.14. The van der Waals surface area contributed by atoms with Crippen LogP contribution in [0.4, 0.5) is 0 Å². The van der Waals surface area contributed by atoms with E-state index in [0.717, 1.165) is 24.9 Å². The monoisotopic (exact) mass is 353 g/mol. The summed E-state index contributed by atoms with van der Waals surface area (Å²) in [5, 5.41) is 27.5. The van der Waals surface area contributed by atoms with Gasteiger partial charge in [0.1, 0.15) is 0 Å². The fourth-order valence-electron chi connectivity index (χ4n) is 3.43. The molecule has 1 aliphatic heterocycles. The lowest BCUT2D eigenvalue weighted by molar-refractivity contribution is 0.381. The summed E-state index contributed by atoms with van der Waals surface area (Å²) in [5.41, 5.74) is 5.09. The Labute approximate surface area is 132 Å². The maximum Gasteiger partial charge on any atom is 0.157 e. The quantitative estimate of drug-likeness (QED) is 0.637. The molecular formula is C15H16BrNO2S. The summed E-state index contributed by atoms with van der Waals surface area (Å²) in [6.45, 7) is 0.944. The van der Waals surface area contributed by atoms with Gasteiger partial charge in [-0.25, -0.2) is 0 Å². The summed E-state index contributed by atoms with van der Waals surface area (Å²) >= 11 is 1.74. The third kappa shape index (κ3) is 1.96. The minimum absolute atomic E-state index is 0. The Morgan fingerprint density at radius 3 is 2.70 bits per heavy atom. The minimum atomic E-state index is -0.0123. The average molecular weight is 354 g/mol. The number of rotatable bonds is 0. The van der Waals surface area contributed by atoms with Crippen LogP contribution < -0.4 is 5.32 Å². The minimum Gasteiger partial charge on any atom is -0.504 e. The lowest BCUT2D eigenvalue weighted by atomic mass is 9.73. The van der Waals surface area contributed by atoms with E-state index in [-0.39, 0.29) is 28.5 Å². The Bertz CT molecular complexity index is 655. The largest absolute Gasteiger partial charge is 0.504 e. The van der Waals surface area contributed by atoms with E-state index in [1.165, 1.54) is 16.7 Å². The summed E-state index contributed by atoms with van der Waals surface area (Å²) in [7, 11) is 0. The van der Waals surface area contributed by atoms with Crippen LogP contribution in [0.25, 0.3) is 0 Å². The molecule has 2 aromatic rings. The van der Waals surface area contributed by atoms with Gasteiger partial charge < -0.3 is 15.5 Å². The van der Waals surface area contributed by atoms with Gasteiger partial charge in [0.05, 0.1) is 0 Å². The first kappa shape index (κ1) is 13.9. The molecule has 0 saturated heterocycles. The molecule has 0 fully saturated rings. The van der Waals surface area contributed by atoms with Gasteiger partial charge in [-0.1, -0.05) is 0 Å². The van der Waals surface area contributed by atoms with E-state index in [2.05, 4.69) is 16.1 Å². The Kier molecular flexibility index (Phi) is 3.52. The van der Waals surface area contributed by atoms with Crippen LogP contribution in [0.3, 0.4) is 0 Å².